The number of aryl methyl sites for hydroxylation is 1. The summed E-state index contributed by atoms with van der Waals surface area (Å²) in [6, 6.07) is 9.85. The number of H-pyrrole nitrogens is 1. The first-order valence-corrected chi connectivity index (χ1v) is 13.2. The average Bonchev–Trinajstić information content (AvgIpc) is 3.61. The fourth-order valence-corrected chi connectivity index (χ4v) is 5.89. The van der Waals surface area contributed by atoms with Crippen LogP contribution < -0.4 is 5.32 Å². The summed E-state index contributed by atoms with van der Waals surface area (Å²) in [6.45, 7) is 2.50. The Kier molecular flexibility index (Phi) is 7.57. The van der Waals surface area contributed by atoms with E-state index < -0.39 is 23.9 Å². The van der Waals surface area contributed by atoms with Crippen molar-refractivity contribution >= 4 is 17.8 Å². The zero-order valence-corrected chi connectivity index (χ0v) is 21.9. The van der Waals surface area contributed by atoms with Crippen LogP contribution >= 0.6 is 0 Å². The maximum atomic E-state index is 12.8. The van der Waals surface area contributed by atoms with Gasteiger partial charge in [-0.25, -0.2) is 9.59 Å². The molecule has 3 atom stereocenters. The van der Waals surface area contributed by atoms with E-state index in [1.54, 1.807) is 35.2 Å². The maximum Gasteiger partial charge on any atom is 0.335 e. The van der Waals surface area contributed by atoms with Gasteiger partial charge in [0.05, 0.1) is 29.7 Å². The molecule has 3 aromatic rings. The monoisotopic (exact) mass is 543 g/mol. The molecule has 4 N–H and O–H groups in total. The number of aromatic carboxylic acids is 2. The lowest BCUT2D eigenvalue weighted by molar-refractivity contribution is -0.130. The van der Waals surface area contributed by atoms with E-state index in [-0.39, 0.29) is 29.6 Å². The number of nitrogens with one attached hydrogen (secondary N) is 2. The van der Waals surface area contributed by atoms with E-state index in [1.807, 2.05) is 6.92 Å². The molecule has 0 radical (unpaired) electrons. The molecule has 1 unspecified atom stereocenters. The van der Waals surface area contributed by atoms with Gasteiger partial charge in [-0.1, -0.05) is 17.3 Å². The number of aromatic amines is 1. The number of tetrazole rings is 1. The third-order valence-electron chi connectivity index (χ3n) is 7.81. The Balaban J connectivity index is 1.49. The molecule has 0 saturated carbocycles. The molecule has 1 saturated heterocycles. The van der Waals surface area contributed by atoms with Gasteiger partial charge in [-0.2, -0.15) is 10.5 Å². The largest absolute Gasteiger partial charge is 0.478 e. The molecule has 1 aliphatic carbocycles. The van der Waals surface area contributed by atoms with Gasteiger partial charge in [-0.15, -0.1) is 10.2 Å². The van der Waals surface area contributed by atoms with Gasteiger partial charge in [0.15, 0.2) is 5.82 Å². The van der Waals surface area contributed by atoms with E-state index in [1.165, 1.54) is 0 Å². The van der Waals surface area contributed by atoms with Gasteiger partial charge in [-0.05, 0) is 85.0 Å². The second kappa shape index (κ2) is 11.2. The summed E-state index contributed by atoms with van der Waals surface area (Å²) in [4.78, 5) is 38.3. The minimum atomic E-state index is -1.05. The zero-order chi connectivity index (χ0) is 28.4. The number of rotatable bonds is 8. The van der Waals surface area contributed by atoms with Crippen molar-refractivity contribution in [2.24, 2.45) is 0 Å². The number of fused-ring (bicyclic) bond motifs is 2. The van der Waals surface area contributed by atoms with Gasteiger partial charge >= 0.3 is 11.9 Å². The zero-order valence-electron chi connectivity index (χ0n) is 21.9. The molecule has 1 fully saturated rings. The first kappa shape index (κ1) is 27.0. The van der Waals surface area contributed by atoms with Crippen molar-refractivity contribution in [1.82, 2.24) is 30.8 Å². The van der Waals surface area contributed by atoms with Crippen molar-refractivity contribution in [2.75, 3.05) is 13.1 Å². The predicted octanol–water partition coefficient (Wildman–Crippen LogP) is 1.91. The van der Waals surface area contributed by atoms with Gasteiger partial charge in [0.25, 0.3) is 0 Å². The molecule has 2 aliphatic rings. The predicted molar refractivity (Wildman–Crippen MR) is 141 cm³/mol. The smallest absolute Gasteiger partial charge is 0.335 e. The van der Waals surface area contributed by atoms with Crippen molar-refractivity contribution in [3.05, 3.63) is 75.1 Å². The normalized spacial score (nSPS) is 18.8. The summed E-state index contributed by atoms with van der Waals surface area (Å²) in [6.07, 6.45) is 2.80. The number of hydrogen-bond donors (Lipinski definition) is 4. The molecule has 1 amide bonds. The van der Waals surface area contributed by atoms with Crippen LogP contribution in [0.25, 0.3) is 0 Å². The van der Waals surface area contributed by atoms with Crippen LogP contribution in [0.5, 0.6) is 0 Å². The number of nitrogens with zero attached hydrogens (tertiary/aromatic N) is 5. The quantitative estimate of drug-likeness (QED) is 0.327. The number of hydrogen-bond acceptors (Lipinski definition) is 8. The van der Waals surface area contributed by atoms with E-state index in [0.717, 1.165) is 28.7 Å². The summed E-state index contributed by atoms with van der Waals surface area (Å²) in [7, 11) is 0. The number of aromatic nitrogens is 4. The number of nitriles is 1. The summed E-state index contributed by atoms with van der Waals surface area (Å²) >= 11 is 0. The summed E-state index contributed by atoms with van der Waals surface area (Å²) in [5.41, 5.74) is 4.33. The van der Waals surface area contributed by atoms with Crippen LogP contribution in [0.4, 0.5) is 0 Å². The van der Waals surface area contributed by atoms with Crippen molar-refractivity contribution in [3.8, 4) is 6.07 Å². The number of carboxylic acid groups (broad SMARTS) is 2. The van der Waals surface area contributed by atoms with Crippen LogP contribution in [0.3, 0.4) is 0 Å². The number of carbonyl (C=O) groups excluding carboxylic acids is 1. The molecule has 12 nitrogen and oxygen atoms in total. The van der Waals surface area contributed by atoms with Crippen LogP contribution in [0, 0.1) is 11.3 Å². The van der Waals surface area contributed by atoms with Gasteiger partial charge < -0.3 is 20.4 Å². The highest BCUT2D eigenvalue weighted by atomic mass is 16.4. The van der Waals surface area contributed by atoms with Crippen LogP contribution in [-0.4, -0.2) is 78.8 Å². The number of carbonyl (C=O) groups is 3. The Morgan fingerprint density at radius 2 is 1.98 bits per heavy atom. The molecule has 2 aromatic carbocycles. The SMILES string of the molecule is C[C@@H](Cc1c(C(=O)O)ccc2c1CCc1cc(C(=O)O)ccc1C2c1nn[nH]n1)NCC(=O)N1CCC[C@H]1C#N. The molecule has 12 heteroatoms. The topological polar surface area (TPSA) is 185 Å². The van der Waals surface area contributed by atoms with Gasteiger partial charge in [0, 0.05) is 12.6 Å². The Morgan fingerprint density at radius 3 is 2.67 bits per heavy atom. The third kappa shape index (κ3) is 5.15. The van der Waals surface area contributed by atoms with Crippen molar-refractivity contribution in [1.29, 1.82) is 5.26 Å². The molecule has 5 rings (SSSR count). The first-order chi connectivity index (χ1) is 19.3. The van der Waals surface area contributed by atoms with Crippen molar-refractivity contribution < 1.29 is 24.6 Å². The molecule has 0 bridgehead atoms. The molecule has 206 valence electrons. The molecule has 1 aliphatic heterocycles. The highest BCUT2D eigenvalue weighted by molar-refractivity contribution is 5.90. The van der Waals surface area contributed by atoms with Crippen LogP contribution in [0.1, 0.15) is 80.0 Å². The van der Waals surface area contributed by atoms with E-state index >= 15 is 0 Å². The molecular formula is C28H29N7O5. The van der Waals surface area contributed by atoms with Gasteiger partial charge in [-0.3, -0.25) is 4.79 Å². The lowest BCUT2D eigenvalue weighted by Gasteiger charge is -2.24. The number of carboxylic acids is 2. The maximum absolute atomic E-state index is 12.8. The molecule has 2 heterocycles. The summed E-state index contributed by atoms with van der Waals surface area (Å²) in [5, 5.41) is 46.8. The van der Waals surface area contributed by atoms with Crippen molar-refractivity contribution in [3.63, 3.8) is 0 Å². The minimum absolute atomic E-state index is 0.0473. The highest BCUT2D eigenvalue weighted by Gasteiger charge is 2.32. The lowest BCUT2D eigenvalue weighted by Crippen LogP contribution is -2.43. The van der Waals surface area contributed by atoms with Gasteiger partial charge in [0.1, 0.15) is 6.04 Å². The standard InChI is InChI=1S/C28H29N7O5/c1-15(30-14-24(36)35-10-2-3-18(35)13-29)11-23-20-7-4-16-12-17(27(37)38)5-6-19(16)25(26-31-33-34-32-26)21(20)8-9-22(23)28(39)40/h5-6,8-9,12,15,18,25,30H,2-4,7,10-11,14H2,1H3,(H,37,38)(H,39,40)(H,31,32,33,34)/t15-,18-,25?/m0/s1. The fraction of sp³-hybridized carbons (Fsp3) is 0.393. The van der Waals surface area contributed by atoms with Crippen LogP contribution in [0.15, 0.2) is 30.3 Å². The Morgan fingerprint density at radius 1 is 1.18 bits per heavy atom. The third-order valence-corrected chi connectivity index (χ3v) is 7.81. The van der Waals surface area contributed by atoms with Crippen LogP contribution in [-0.2, 0) is 24.1 Å². The van der Waals surface area contributed by atoms with E-state index in [9.17, 15) is 29.9 Å². The van der Waals surface area contributed by atoms with E-state index in [4.69, 9.17) is 0 Å². The Hall–Kier alpha value is -4.63. The summed E-state index contributed by atoms with van der Waals surface area (Å²) < 4.78 is 0. The second-order valence-electron chi connectivity index (χ2n) is 10.2. The summed E-state index contributed by atoms with van der Waals surface area (Å²) in [5.74, 6) is -2.31. The van der Waals surface area contributed by atoms with E-state index in [0.29, 0.717) is 43.6 Å². The van der Waals surface area contributed by atoms with Gasteiger partial charge in [0.2, 0.25) is 5.91 Å². The second-order valence-corrected chi connectivity index (χ2v) is 10.2. The van der Waals surface area contributed by atoms with Crippen molar-refractivity contribution in [2.45, 2.75) is 57.0 Å². The Bertz CT molecular complexity index is 1500. The number of amides is 1. The minimum Gasteiger partial charge on any atom is -0.478 e. The average molecular weight is 544 g/mol. The lowest BCUT2D eigenvalue weighted by atomic mass is 9.83. The number of likely N-dealkylation sites (tertiary alicyclic amines) is 1. The molecule has 1 aromatic heterocycles. The fourth-order valence-electron chi connectivity index (χ4n) is 5.89. The Labute approximate surface area is 230 Å². The number of benzene rings is 2. The molecule has 40 heavy (non-hydrogen) atoms. The van der Waals surface area contributed by atoms with Crippen LogP contribution in [0.2, 0.25) is 0 Å². The highest BCUT2D eigenvalue weighted by Crippen LogP contribution is 2.40. The van der Waals surface area contributed by atoms with E-state index in [2.05, 4.69) is 32.0 Å². The molecular weight excluding hydrogens is 514 g/mol. The first-order valence-electron chi connectivity index (χ1n) is 13.2. The molecule has 0 spiro atoms.